The van der Waals surface area contributed by atoms with Gasteiger partial charge < -0.3 is 11.5 Å². The lowest BCUT2D eigenvalue weighted by molar-refractivity contribution is 0.627. The van der Waals surface area contributed by atoms with Gasteiger partial charge in [-0.2, -0.15) is 0 Å². The molecular weight excluding hydrogens is 391 g/mol. The molecule has 6 nitrogen and oxygen atoms in total. The van der Waals surface area contributed by atoms with Gasteiger partial charge in [-0.05, 0) is 41.8 Å². The molecule has 0 saturated heterocycles. The smallest absolute Gasteiger partial charge is 0.181 e. The number of aromatic nitrogens is 3. The van der Waals surface area contributed by atoms with Gasteiger partial charge in [0.05, 0.1) is 5.52 Å². The van der Waals surface area contributed by atoms with Crippen LogP contribution in [-0.4, -0.2) is 20.8 Å². The van der Waals surface area contributed by atoms with Crippen molar-refractivity contribution in [1.29, 1.82) is 0 Å². The zero-order chi connectivity index (χ0) is 21.4. The monoisotopic (exact) mass is 408 g/mol. The molecule has 7 heteroatoms. The Hall–Kier alpha value is -4.39. The number of hydrogen-bond acceptors (Lipinski definition) is 5. The maximum absolute atomic E-state index is 13.7. The number of amidine groups is 1. The Labute approximate surface area is 177 Å². The second kappa shape index (κ2) is 7.46. The van der Waals surface area contributed by atoms with Crippen molar-refractivity contribution in [2.75, 3.05) is 5.73 Å². The molecule has 0 aliphatic rings. The molecule has 0 aliphatic carbocycles. The normalized spacial score (nSPS) is 11.8. The van der Waals surface area contributed by atoms with Crippen LogP contribution in [0.15, 0.2) is 84.0 Å². The van der Waals surface area contributed by atoms with Gasteiger partial charge in [-0.3, -0.25) is 4.98 Å². The van der Waals surface area contributed by atoms with E-state index in [0.717, 1.165) is 10.8 Å². The highest BCUT2D eigenvalue weighted by Gasteiger charge is 2.14. The highest BCUT2D eigenvalue weighted by molar-refractivity contribution is 6.05. The van der Waals surface area contributed by atoms with Crippen LogP contribution < -0.4 is 11.5 Å². The van der Waals surface area contributed by atoms with Crippen molar-refractivity contribution >= 4 is 39.0 Å². The summed E-state index contributed by atoms with van der Waals surface area (Å²) in [6, 6.07) is 21.3. The lowest BCUT2D eigenvalue weighted by Gasteiger charge is -2.09. The third kappa shape index (κ3) is 3.42. The minimum atomic E-state index is -0.449. The van der Waals surface area contributed by atoms with Crippen molar-refractivity contribution in [3.8, 4) is 11.5 Å². The number of hydrogen-bond donors (Lipinski definition) is 2. The van der Waals surface area contributed by atoms with E-state index in [1.54, 1.807) is 6.20 Å². The van der Waals surface area contributed by atoms with Crippen LogP contribution >= 0.6 is 0 Å². The second-order valence-corrected chi connectivity index (χ2v) is 7.00. The minimum Gasteiger partial charge on any atom is -0.398 e. The van der Waals surface area contributed by atoms with E-state index in [1.807, 2.05) is 54.6 Å². The molecule has 0 spiro atoms. The van der Waals surface area contributed by atoms with Crippen molar-refractivity contribution < 1.29 is 4.39 Å². The largest absolute Gasteiger partial charge is 0.398 e. The fourth-order valence-electron chi connectivity index (χ4n) is 3.47. The number of nitrogens with zero attached hydrogens (tertiary/aromatic N) is 4. The fourth-order valence-corrected chi connectivity index (χ4v) is 3.47. The summed E-state index contributed by atoms with van der Waals surface area (Å²) in [5.41, 5.74) is 14.1. The maximum Gasteiger partial charge on any atom is 0.181 e. The average Bonchev–Trinajstić information content (AvgIpc) is 2.80. The van der Waals surface area contributed by atoms with Crippen LogP contribution in [-0.2, 0) is 0 Å². The zero-order valence-corrected chi connectivity index (χ0v) is 16.3. The standard InChI is InChI=1S/C24H17FN6/c25-15-9-10-19(26)18(13-15)22(27)30-23-17-7-3-4-8-20(17)29-24(31-23)21-16-6-2-1-5-14(16)11-12-28-21/h1-13H,26H2,(H2,27,29,30,31). The van der Waals surface area contributed by atoms with Gasteiger partial charge in [0.1, 0.15) is 17.3 Å². The first-order chi connectivity index (χ1) is 15.1. The molecule has 31 heavy (non-hydrogen) atoms. The van der Waals surface area contributed by atoms with E-state index in [9.17, 15) is 4.39 Å². The number of anilines is 1. The summed E-state index contributed by atoms with van der Waals surface area (Å²) >= 11 is 0. The van der Waals surface area contributed by atoms with Crippen LogP contribution in [0, 0.1) is 5.82 Å². The molecule has 0 radical (unpaired) electrons. The Morgan fingerprint density at radius 3 is 2.52 bits per heavy atom. The Balaban J connectivity index is 1.74. The molecule has 0 atom stereocenters. The van der Waals surface area contributed by atoms with E-state index in [0.29, 0.717) is 39.5 Å². The predicted molar refractivity (Wildman–Crippen MR) is 121 cm³/mol. The van der Waals surface area contributed by atoms with E-state index < -0.39 is 5.82 Å². The van der Waals surface area contributed by atoms with Crippen LogP contribution in [0.2, 0.25) is 0 Å². The van der Waals surface area contributed by atoms with Gasteiger partial charge in [-0.25, -0.2) is 19.4 Å². The minimum absolute atomic E-state index is 0.0673. The van der Waals surface area contributed by atoms with Crippen molar-refractivity contribution in [2.45, 2.75) is 0 Å². The van der Waals surface area contributed by atoms with Gasteiger partial charge >= 0.3 is 0 Å². The summed E-state index contributed by atoms with van der Waals surface area (Å²) in [5, 5.41) is 2.67. The number of pyridine rings is 1. The van der Waals surface area contributed by atoms with Crippen LogP contribution in [0.4, 0.5) is 15.9 Å². The van der Waals surface area contributed by atoms with Gasteiger partial charge in [0.15, 0.2) is 11.6 Å². The molecule has 3 aromatic carbocycles. The number of rotatable bonds is 3. The Bertz CT molecular complexity index is 1470. The van der Waals surface area contributed by atoms with Crippen LogP contribution in [0.3, 0.4) is 0 Å². The number of nitrogens with two attached hydrogens (primary N) is 2. The van der Waals surface area contributed by atoms with Crippen molar-refractivity contribution in [2.24, 2.45) is 10.7 Å². The molecule has 0 fully saturated rings. The molecule has 0 bridgehead atoms. The second-order valence-electron chi connectivity index (χ2n) is 7.00. The van der Waals surface area contributed by atoms with Crippen molar-refractivity contribution in [1.82, 2.24) is 15.0 Å². The van der Waals surface area contributed by atoms with Gasteiger partial charge in [0.25, 0.3) is 0 Å². The van der Waals surface area contributed by atoms with E-state index in [4.69, 9.17) is 16.5 Å². The molecule has 5 aromatic rings. The quantitative estimate of drug-likeness (QED) is 0.258. The highest BCUT2D eigenvalue weighted by Crippen LogP contribution is 2.30. The van der Waals surface area contributed by atoms with E-state index in [-0.39, 0.29) is 5.84 Å². The van der Waals surface area contributed by atoms with Crippen LogP contribution in [0.25, 0.3) is 33.2 Å². The van der Waals surface area contributed by atoms with Gasteiger partial charge in [0, 0.05) is 28.2 Å². The summed E-state index contributed by atoms with van der Waals surface area (Å²) in [4.78, 5) is 18.4. The van der Waals surface area contributed by atoms with Crippen molar-refractivity contribution in [3.05, 3.63) is 90.4 Å². The van der Waals surface area contributed by atoms with Crippen LogP contribution in [0.5, 0.6) is 0 Å². The molecule has 2 aromatic heterocycles. The first-order valence-electron chi connectivity index (χ1n) is 9.60. The fraction of sp³-hybridized carbons (Fsp3) is 0. The van der Waals surface area contributed by atoms with Crippen molar-refractivity contribution in [3.63, 3.8) is 0 Å². The molecule has 150 valence electrons. The number of aliphatic imine (C=N–C) groups is 1. The maximum atomic E-state index is 13.7. The first kappa shape index (κ1) is 18.6. The summed E-state index contributed by atoms with van der Waals surface area (Å²) in [6.07, 6.45) is 1.72. The Morgan fingerprint density at radius 1 is 0.871 bits per heavy atom. The first-order valence-corrected chi connectivity index (χ1v) is 9.60. The number of benzene rings is 3. The lowest BCUT2D eigenvalue weighted by atomic mass is 10.1. The SMILES string of the molecule is NC(=Nc1nc(-c2nccc3ccccc23)nc2ccccc12)c1cc(F)ccc1N. The number of nitrogen functional groups attached to an aromatic ring is 1. The predicted octanol–water partition coefficient (Wildman–Crippen LogP) is 4.60. The molecule has 2 heterocycles. The number of para-hydroxylation sites is 1. The Kier molecular flexibility index (Phi) is 4.48. The molecule has 5 rings (SSSR count). The molecule has 4 N–H and O–H groups in total. The summed E-state index contributed by atoms with van der Waals surface area (Å²) in [5.74, 6) is 0.402. The average molecular weight is 408 g/mol. The molecular formula is C24H17FN6. The molecule has 0 aliphatic heterocycles. The summed E-state index contributed by atoms with van der Waals surface area (Å²) < 4.78 is 13.7. The van der Waals surface area contributed by atoms with Gasteiger partial charge in [-0.1, -0.05) is 36.4 Å². The highest BCUT2D eigenvalue weighted by atomic mass is 19.1. The van der Waals surface area contributed by atoms with Gasteiger partial charge in [-0.15, -0.1) is 0 Å². The summed E-state index contributed by atoms with van der Waals surface area (Å²) in [7, 11) is 0. The third-order valence-corrected chi connectivity index (χ3v) is 4.99. The summed E-state index contributed by atoms with van der Waals surface area (Å²) in [6.45, 7) is 0. The molecule has 0 saturated carbocycles. The van der Waals surface area contributed by atoms with E-state index in [2.05, 4.69) is 15.0 Å². The van der Waals surface area contributed by atoms with Crippen LogP contribution in [0.1, 0.15) is 5.56 Å². The van der Waals surface area contributed by atoms with E-state index >= 15 is 0 Å². The van der Waals surface area contributed by atoms with Gasteiger partial charge in [0.2, 0.25) is 0 Å². The Morgan fingerprint density at radius 2 is 1.65 bits per heavy atom. The lowest BCUT2D eigenvalue weighted by Crippen LogP contribution is -2.15. The topological polar surface area (TPSA) is 103 Å². The number of fused-ring (bicyclic) bond motifs is 2. The molecule has 0 unspecified atom stereocenters. The van der Waals surface area contributed by atoms with E-state index in [1.165, 1.54) is 18.2 Å². The zero-order valence-electron chi connectivity index (χ0n) is 16.3. The third-order valence-electron chi connectivity index (χ3n) is 4.99. The number of halogens is 1. The molecule has 0 amide bonds.